The van der Waals surface area contributed by atoms with Crippen LogP contribution in [0.1, 0.15) is 5.56 Å². The van der Waals surface area contributed by atoms with Crippen LogP contribution in [0.3, 0.4) is 0 Å². The summed E-state index contributed by atoms with van der Waals surface area (Å²) in [7, 11) is -1.02. The molecular weight excluding hydrogens is 458 g/mol. The minimum atomic E-state index is -0.535. The standard InChI is InChI=1S/C33H30P2/c1-6-16-28(17-7-1)26-33(35(31-22-12-4-13-23-31)32-24-14-5-15-25-32)27-34(29-18-8-2-9-19-29)30-20-10-3-11-21-30/h1-25,33H,26-27H2. The molecule has 0 bridgehead atoms. The largest absolute Gasteiger partial charge is 0.0622 e. The molecule has 0 saturated heterocycles. The van der Waals surface area contributed by atoms with E-state index in [0.717, 1.165) is 12.6 Å². The van der Waals surface area contributed by atoms with Gasteiger partial charge in [0.2, 0.25) is 0 Å². The van der Waals surface area contributed by atoms with Crippen LogP contribution >= 0.6 is 15.8 Å². The molecule has 0 amide bonds. The number of hydrogen-bond acceptors (Lipinski definition) is 0. The molecule has 0 aliphatic heterocycles. The Hall–Kier alpha value is -3.04. The molecule has 5 aromatic carbocycles. The zero-order valence-electron chi connectivity index (χ0n) is 19.8. The van der Waals surface area contributed by atoms with Gasteiger partial charge in [-0.25, -0.2) is 0 Å². The average Bonchev–Trinajstić information content (AvgIpc) is 2.94. The molecule has 172 valence electrons. The van der Waals surface area contributed by atoms with Crippen LogP contribution in [-0.4, -0.2) is 11.8 Å². The van der Waals surface area contributed by atoms with E-state index in [4.69, 9.17) is 0 Å². The first-order chi connectivity index (χ1) is 17.4. The zero-order chi connectivity index (χ0) is 23.7. The number of rotatable bonds is 9. The lowest BCUT2D eigenvalue weighted by Gasteiger charge is -2.32. The fourth-order valence-electron chi connectivity index (χ4n) is 4.66. The molecule has 5 aromatic rings. The highest BCUT2D eigenvalue weighted by Crippen LogP contribution is 2.47. The molecule has 0 heterocycles. The van der Waals surface area contributed by atoms with Gasteiger partial charge < -0.3 is 0 Å². The SMILES string of the molecule is c1ccc(CC(CP(c2ccccc2)c2ccccc2)P(c2ccccc2)c2ccccc2)cc1. The summed E-state index contributed by atoms with van der Waals surface area (Å²) in [6.07, 6.45) is 2.24. The van der Waals surface area contributed by atoms with E-state index in [1.165, 1.54) is 26.8 Å². The smallest absolute Gasteiger partial charge is 0.00430 e. The van der Waals surface area contributed by atoms with Crippen molar-refractivity contribution in [3.8, 4) is 0 Å². The average molecular weight is 489 g/mol. The Bertz CT molecular complexity index is 1190. The fraction of sp³-hybridized carbons (Fsp3) is 0.0909. The molecule has 35 heavy (non-hydrogen) atoms. The third-order valence-corrected chi connectivity index (χ3v) is 12.0. The van der Waals surface area contributed by atoms with Crippen LogP contribution in [0.4, 0.5) is 0 Å². The molecule has 0 fully saturated rings. The van der Waals surface area contributed by atoms with E-state index in [1.54, 1.807) is 0 Å². The third kappa shape index (κ3) is 6.15. The minimum Gasteiger partial charge on any atom is -0.0622 e. The van der Waals surface area contributed by atoms with Crippen molar-refractivity contribution < 1.29 is 0 Å². The first kappa shape index (κ1) is 23.7. The van der Waals surface area contributed by atoms with Gasteiger partial charge in [0.25, 0.3) is 0 Å². The van der Waals surface area contributed by atoms with Crippen LogP contribution < -0.4 is 21.2 Å². The molecule has 0 nitrogen and oxygen atoms in total. The molecular formula is C33H30P2. The molecule has 5 rings (SSSR count). The first-order valence-electron chi connectivity index (χ1n) is 12.2. The monoisotopic (exact) mass is 488 g/mol. The lowest BCUT2D eigenvalue weighted by atomic mass is 10.1. The Morgan fingerprint density at radius 3 is 1.14 bits per heavy atom. The molecule has 0 saturated carbocycles. The molecule has 0 radical (unpaired) electrons. The molecule has 0 aliphatic carbocycles. The molecule has 0 aliphatic rings. The number of benzene rings is 5. The maximum Gasteiger partial charge on any atom is -0.00430 e. The maximum absolute atomic E-state index is 2.34. The van der Waals surface area contributed by atoms with Gasteiger partial charge in [-0.05, 0) is 60.9 Å². The summed E-state index contributed by atoms with van der Waals surface area (Å²) in [5, 5.41) is 5.85. The Morgan fingerprint density at radius 2 is 0.743 bits per heavy atom. The van der Waals surface area contributed by atoms with E-state index in [2.05, 4.69) is 152 Å². The summed E-state index contributed by atoms with van der Waals surface area (Å²) < 4.78 is 0. The van der Waals surface area contributed by atoms with Crippen molar-refractivity contribution in [2.75, 3.05) is 6.16 Å². The molecule has 1 unspecified atom stereocenters. The normalized spacial score (nSPS) is 12.1. The van der Waals surface area contributed by atoms with E-state index >= 15 is 0 Å². The van der Waals surface area contributed by atoms with Crippen molar-refractivity contribution in [1.82, 2.24) is 0 Å². The predicted molar refractivity (Wildman–Crippen MR) is 157 cm³/mol. The van der Waals surface area contributed by atoms with Gasteiger partial charge in [0.15, 0.2) is 0 Å². The van der Waals surface area contributed by atoms with Crippen molar-refractivity contribution in [3.05, 3.63) is 157 Å². The second kappa shape index (κ2) is 12.1. The summed E-state index contributed by atoms with van der Waals surface area (Å²) >= 11 is 0. The summed E-state index contributed by atoms with van der Waals surface area (Å²) in [5.74, 6) is 0. The summed E-state index contributed by atoms with van der Waals surface area (Å²) in [6, 6.07) is 55.8. The van der Waals surface area contributed by atoms with E-state index in [1.807, 2.05) is 0 Å². The van der Waals surface area contributed by atoms with Gasteiger partial charge >= 0.3 is 0 Å². The van der Waals surface area contributed by atoms with Crippen molar-refractivity contribution >= 4 is 37.1 Å². The van der Waals surface area contributed by atoms with E-state index in [9.17, 15) is 0 Å². The molecule has 1 atom stereocenters. The molecule has 0 aromatic heterocycles. The van der Waals surface area contributed by atoms with Crippen LogP contribution in [0.15, 0.2) is 152 Å². The van der Waals surface area contributed by atoms with Gasteiger partial charge in [-0.2, -0.15) is 0 Å². The lowest BCUT2D eigenvalue weighted by Crippen LogP contribution is -2.29. The first-order valence-corrected chi connectivity index (χ1v) is 15.1. The zero-order valence-corrected chi connectivity index (χ0v) is 21.6. The maximum atomic E-state index is 2.34. The fourth-order valence-corrected chi connectivity index (χ4v) is 10.7. The van der Waals surface area contributed by atoms with E-state index in [0.29, 0.717) is 5.66 Å². The Balaban J connectivity index is 1.61. The van der Waals surface area contributed by atoms with Crippen LogP contribution in [0.25, 0.3) is 0 Å². The molecule has 0 N–H and O–H groups in total. The Kier molecular flexibility index (Phi) is 8.18. The van der Waals surface area contributed by atoms with Crippen LogP contribution in [0, 0.1) is 0 Å². The second-order valence-corrected chi connectivity index (χ2v) is 13.4. The van der Waals surface area contributed by atoms with Crippen molar-refractivity contribution in [3.63, 3.8) is 0 Å². The summed E-state index contributed by atoms with van der Waals surface area (Å²) in [6.45, 7) is 0. The summed E-state index contributed by atoms with van der Waals surface area (Å²) in [4.78, 5) is 0. The van der Waals surface area contributed by atoms with E-state index < -0.39 is 15.8 Å². The highest BCUT2D eigenvalue weighted by molar-refractivity contribution is 7.77. The van der Waals surface area contributed by atoms with Gasteiger partial charge in [-0.3, -0.25) is 0 Å². The molecule has 2 heteroatoms. The third-order valence-electron chi connectivity index (χ3n) is 6.28. The van der Waals surface area contributed by atoms with Crippen LogP contribution in [0.2, 0.25) is 0 Å². The lowest BCUT2D eigenvalue weighted by molar-refractivity contribution is 0.943. The molecule has 0 spiro atoms. The minimum absolute atomic E-state index is 0.483. The van der Waals surface area contributed by atoms with Gasteiger partial charge in [-0.1, -0.05) is 152 Å². The Labute approximate surface area is 212 Å². The van der Waals surface area contributed by atoms with Gasteiger partial charge in [0.1, 0.15) is 0 Å². The predicted octanol–water partition coefficient (Wildman–Crippen LogP) is 6.86. The quantitative estimate of drug-likeness (QED) is 0.199. The summed E-state index contributed by atoms with van der Waals surface area (Å²) in [5.41, 5.74) is 1.94. The van der Waals surface area contributed by atoms with E-state index in [-0.39, 0.29) is 0 Å². The second-order valence-electron chi connectivity index (χ2n) is 8.67. The van der Waals surface area contributed by atoms with Gasteiger partial charge in [0, 0.05) is 0 Å². The van der Waals surface area contributed by atoms with Crippen molar-refractivity contribution in [2.24, 2.45) is 0 Å². The van der Waals surface area contributed by atoms with Gasteiger partial charge in [-0.15, -0.1) is 0 Å². The van der Waals surface area contributed by atoms with Crippen LogP contribution in [0.5, 0.6) is 0 Å². The van der Waals surface area contributed by atoms with Gasteiger partial charge in [0.05, 0.1) is 0 Å². The van der Waals surface area contributed by atoms with Crippen molar-refractivity contribution in [1.29, 1.82) is 0 Å². The van der Waals surface area contributed by atoms with Crippen LogP contribution in [-0.2, 0) is 6.42 Å². The highest BCUT2D eigenvalue weighted by Gasteiger charge is 2.29. The Morgan fingerprint density at radius 1 is 0.400 bits per heavy atom. The topological polar surface area (TPSA) is 0 Å². The highest BCUT2D eigenvalue weighted by atomic mass is 31.1. The number of hydrogen-bond donors (Lipinski definition) is 0. The van der Waals surface area contributed by atoms with Crippen molar-refractivity contribution in [2.45, 2.75) is 12.1 Å².